The Morgan fingerprint density at radius 3 is 2.88 bits per heavy atom. The molecule has 1 aliphatic heterocycles. The first-order valence-corrected chi connectivity index (χ1v) is 9.46. The third kappa shape index (κ3) is 3.14. The summed E-state index contributed by atoms with van der Waals surface area (Å²) in [5.41, 5.74) is 2.48. The zero-order valence-corrected chi connectivity index (χ0v) is 14.8. The molecule has 0 saturated heterocycles. The third-order valence-corrected chi connectivity index (χ3v) is 5.92. The third-order valence-electron chi connectivity index (χ3n) is 3.89. The van der Waals surface area contributed by atoms with E-state index in [2.05, 4.69) is 4.98 Å². The molecule has 1 N–H and O–H groups in total. The molecule has 3 rings (SSSR count). The van der Waals surface area contributed by atoms with Gasteiger partial charge >= 0.3 is 5.97 Å². The number of methoxy groups -OCH3 is 1. The van der Waals surface area contributed by atoms with Gasteiger partial charge in [-0.05, 0) is 37.1 Å². The number of fused-ring (bicyclic) bond motifs is 1. The molecule has 128 valence electrons. The molecule has 24 heavy (non-hydrogen) atoms. The number of rotatable bonds is 4. The minimum absolute atomic E-state index is 0.107. The SMILES string of the molecule is COC(=O)Cc1sc(N2CCc3cc(S(=O)(=O)O)ccc32)nc1C. The van der Waals surface area contributed by atoms with Crippen molar-refractivity contribution in [3.05, 3.63) is 34.3 Å². The maximum Gasteiger partial charge on any atom is 0.310 e. The van der Waals surface area contributed by atoms with Gasteiger partial charge in [0.25, 0.3) is 10.1 Å². The van der Waals surface area contributed by atoms with Crippen molar-refractivity contribution in [3.8, 4) is 0 Å². The van der Waals surface area contributed by atoms with E-state index >= 15 is 0 Å². The molecule has 2 aromatic rings. The topological polar surface area (TPSA) is 96.8 Å². The first-order valence-electron chi connectivity index (χ1n) is 7.20. The van der Waals surface area contributed by atoms with E-state index < -0.39 is 10.1 Å². The van der Waals surface area contributed by atoms with Crippen LogP contribution in [0.3, 0.4) is 0 Å². The van der Waals surface area contributed by atoms with E-state index in [0.29, 0.717) is 13.0 Å². The molecule has 0 bridgehead atoms. The highest BCUT2D eigenvalue weighted by atomic mass is 32.2. The van der Waals surface area contributed by atoms with E-state index in [-0.39, 0.29) is 17.3 Å². The van der Waals surface area contributed by atoms with Gasteiger partial charge in [0.1, 0.15) is 0 Å². The first kappa shape index (κ1) is 16.9. The van der Waals surface area contributed by atoms with Gasteiger partial charge in [0.05, 0.1) is 24.1 Å². The molecule has 9 heteroatoms. The van der Waals surface area contributed by atoms with Crippen LogP contribution in [0, 0.1) is 6.92 Å². The average Bonchev–Trinajstić information content (AvgIpc) is 3.09. The number of aromatic nitrogens is 1. The number of carbonyl (C=O) groups excluding carboxylic acids is 1. The standard InChI is InChI=1S/C15H16N2O5S2/c1-9-13(8-14(18)22-2)23-15(16-9)17-6-5-10-7-11(24(19,20)21)3-4-12(10)17/h3-4,7H,5-6,8H2,1-2H3,(H,19,20,21). The second kappa shape index (κ2) is 6.15. The summed E-state index contributed by atoms with van der Waals surface area (Å²) in [6.45, 7) is 2.51. The fourth-order valence-corrected chi connectivity index (χ4v) is 4.25. The van der Waals surface area contributed by atoms with Crippen LogP contribution in [0.15, 0.2) is 23.1 Å². The van der Waals surface area contributed by atoms with Crippen LogP contribution in [0.2, 0.25) is 0 Å². The molecule has 0 atom stereocenters. The van der Waals surface area contributed by atoms with Crippen LogP contribution in [-0.4, -0.2) is 37.6 Å². The predicted octanol–water partition coefficient (Wildman–Crippen LogP) is 2.11. The molecule has 0 saturated carbocycles. The maximum absolute atomic E-state index is 11.5. The molecular formula is C15H16N2O5S2. The van der Waals surface area contributed by atoms with Gasteiger partial charge in [-0.2, -0.15) is 8.42 Å². The lowest BCUT2D eigenvalue weighted by Gasteiger charge is -2.15. The number of hydrogen-bond acceptors (Lipinski definition) is 7. The van der Waals surface area contributed by atoms with Gasteiger partial charge in [-0.25, -0.2) is 4.98 Å². The molecule has 0 aliphatic carbocycles. The largest absolute Gasteiger partial charge is 0.469 e. The van der Waals surface area contributed by atoms with Crippen LogP contribution >= 0.6 is 11.3 Å². The summed E-state index contributed by atoms with van der Waals surface area (Å²) in [5, 5.41) is 0.754. The van der Waals surface area contributed by atoms with E-state index in [9.17, 15) is 13.2 Å². The van der Waals surface area contributed by atoms with Gasteiger partial charge in [-0.3, -0.25) is 9.35 Å². The van der Waals surface area contributed by atoms with Crippen LogP contribution in [0.25, 0.3) is 0 Å². The molecule has 0 radical (unpaired) electrons. The van der Waals surface area contributed by atoms with Gasteiger partial charge in [0.2, 0.25) is 0 Å². The second-order valence-corrected chi connectivity index (χ2v) is 7.91. The van der Waals surface area contributed by atoms with Gasteiger partial charge in [-0.1, -0.05) is 0 Å². The number of hydrogen-bond donors (Lipinski definition) is 1. The molecule has 1 aromatic heterocycles. The van der Waals surface area contributed by atoms with Crippen molar-refractivity contribution < 1.29 is 22.5 Å². The lowest BCUT2D eigenvalue weighted by atomic mass is 10.2. The molecule has 1 aromatic carbocycles. The van der Waals surface area contributed by atoms with Crippen molar-refractivity contribution in [1.82, 2.24) is 4.98 Å². The molecule has 1 aliphatic rings. The highest BCUT2D eigenvalue weighted by molar-refractivity contribution is 7.85. The van der Waals surface area contributed by atoms with E-state index in [1.54, 1.807) is 6.07 Å². The van der Waals surface area contributed by atoms with Crippen molar-refractivity contribution in [2.75, 3.05) is 18.6 Å². The Hall–Kier alpha value is -1.97. The second-order valence-electron chi connectivity index (χ2n) is 5.43. The van der Waals surface area contributed by atoms with Gasteiger partial charge in [-0.15, -0.1) is 11.3 Å². The molecule has 0 unspecified atom stereocenters. The number of carbonyl (C=O) groups is 1. The Morgan fingerprint density at radius 2 is 2.21 bits per heavy atom. The molecule has 0 fully saturated rings. The summed E-state index contributed by atoms with van der Waals surface area (Å²) in [6.07, 6.45) is 0.839. The number of ether oxygens (including phenoxy) is 1. The predicted molar refractivity (Wildman–Crippen MR) is 89.5 cm³/mol. The lowest BCUT2D eigenvalue weighted by molar-refractivity contribution is -0.139. The maximum atomic E-state index is 11.5. The first-order chi connectivity index (χ1) is 11.3. The highest BCUT2D eigenvalue weighted by Crippen LogP contribution is 2.38. The van der Waals surface area contributed by atoms with Crippen molar-refractivity contribution in [1.29, 1.82) is 0 Å². The summed E-state index contributed by atoms with van der Waals surface area (Å²) in [5.74, 6) is -0.312. The van der Waals surface area contributed by atoms with Gasteiger partial charge in [0.15, 0.2) is 5.13 Å². The summed E-state index contributed by atoms with van der Waals surface area (Å²) < 4.78 is 36.3. The summed E-state index contributed by atoms with van der Waals surface area (Å²) in [7, 11) is -2.86. The van der Waals surface area contributed by atoms with Crippen molar-refractivity contribution in [2.24, 2.45) is 0 Å². The summed E-state index contributed by atoms with van der Waals surface area (Å²) >= 11 is 1.42. The minimum atomic E-state index is -4.21. The van der Waals surface area contributed by atoms with Crippen molar-refractivity contribution in [3.63, 3.8) is 0 Å². The molecule has 0 spiro atoms. The van der Waals surface area contributed by atoms with Crippen molar-refractivity contribution in [2.45, 2.75) is 24.7 Å². The van der Waals surface area contributed by atoms with E-state index in [0.717, 1.165) is 27.0 Å². The molecule has 7 nitrogen and oxygen atoms in total. The zero-order valence-electron chi connectivity index (χ0n) is 13.1. The van der Waals surface area contributed by atoms with Gasteiger partial charge in [0, 0.05) is 17.1 Å². The van der Waals surface area contributed by atoms with Gasteiger partial charge < -0.3 is 9.64 Å². The van der Waals surface area contributed by atoms with Crippen LogP contribution in [0.4, 0.5) is 10.8 Å². The number of nitrogens with zero attached hydrogens (tertiary/aromatic N) is 2. The number of esters is 1. The van der Waals surface area contributed by atoms with E-state index in [1.165, 1.54) is 30.6 Å². The Morgan fingerprint density at radius 1 is 1.46 bits per heavy atom. The Balaban J connectivity index is 1.92. The number of anilines is 2. The van der Waals surface area contributed by atoms with E-state index in [1.807, 2.05) is 11.8 Å². The Labute approximate surface area is 143 Å². The number of aryl methyl sites for hydroxylation is 1. The Bertz CT molecular complexity index is 905. The normalized spacial score (nSPS) is 13.9. The van der Waals surface area contributed by atoms with Crippen LogP contribution in [0.5, 0.6) is 0 Å². The van der Waals surface area contributed by atoms with Crippen LogP contribution < -0.4 is 4.90 Å². The van der Waals surface area contributed by atoms with E-state index in [4.69, 9.17) is 9.29 Å². The number of benzene rings is 1. The summed E-state index contributed by atoms with van der Waals surface area (Å²) in [6, 6.07) is 4.53. The smallest absolute Gasteiger partial charge is 0.310 e. The fourth-order valence-electron chi connectivity index (χ4n) is 2.63. The van der Waals surface area contributed by atoms with Crippen LogP contribution in [-0.2, 0) is 32.5 Å². The fraction of sp³-hybridized carbons (Fsp3) is 0.333. The summed E-state index contributed by atoms with van der Waals surface area (Å²) in [4.78, 5) is 18.7. The monoisotopic (exact) mass is 368 g/mol. The molecular weight excluding hydrogens is 352 g/mol. The highest BCUT2D eigenvalue weighted by Gasteiger charge is 2.26. The number of thiazole rings is 1. The quantitative estimate of drug-likeness (QED) is 0.652. The van der Waals surface area contributed by atoms with Crippen LogP contribution in [0.1, 0.15) is 16.1 Å². The Kier molecular flexibility index (Phi) is 4.33. The van der Waals surface area contributed by atoms with Crippen molar-refractivity contribution >= 4 is 38.2 Å². The average molecular weight is 368 g/mol. The molecule has 0 amide bonds. The minimum Gasteiger partial charge on any atom is -0.469 e. The lowest BCUT2D eigenvalue weighted by Crippen LogP contribution is -2.12. The molecule has 2 heterocycles. The zero-order chi connectivity index (χ0) is 17.5.